The van der Waals surface area contributed by atoms with Crippen LogP contribution >= 0.6 is 0 Å². The molecule has 0 fully saturated rings. The van der Waals surface area contributed by atoms with Crippen molar-refractivity contribution in [2.24, 2.45) is 5.11 Å². The summed E-state index contributed by atoms with van der Waals surface area (Å²) in [5.74, 6) is -1.60. The minimum Gasteiger partial charge on any atom is -0.545 e. The quantitative estimate of drug-likeness (QED) is 0.489. The molecule has 0 bridgehead atoms. The van der Waals surface area contributed by atoms with Gasteiger partial charge in [-0.2, -0.15) is 0 Å². The van der Waals surface area contributed by atoms with E-state index in [-0.39, 0.29) is 23.2 Å². The highest BCUT2D eigenvalue weighted by Crippen LogP contribution is 2.27. The van der Waals surface area contributed by atoms with Gasteiger partial charge >= 0.3 is 0 Å². The first kappa shape index (κ1) is 13.5. The van der Waals surface area contributed by atoms with Crippen molar-refractivity contribution in [2.45, 2.75) is 19.9 Å². The van der Waals surface area contributed by atoms with Crippen molar-refractivity contribution in [3.63, 3.8) is 0 Å². The summed E-state index contributed by atoms with van der Waals surface area (Å²) in [5.41, 5.74) is 9.05. The molecule has 1 aromatic carbocycles. The predicted octanol–water partition coefficient (Wildman–Crippen LogP) is 1.19. The van der Waals surface area contributed by atoms with Crippen molar-refractivity contribution >= 4 is 17.6 Å². The number of nitrogens with one attached hydrogen (secondary N) is 1. The normalized spacial score (nSPS) is 11.2. The highest BCUT2D eigenvalue weighted by molar-refractivity contribution is 5.87. The molecule has 0 radical (unpaired) electrons. The van der Waals surface area contributed by atoms with Crippen molar-refractivity contribution < 1.29 is 14.7 Å². The predicted molar refractivity (Wildman–Crippen MR) is 61.8 cm³/mol. The van der Waals surface area contributed by atoms with Crippen LogP contribution in [0.1, 0.15) is 35.8 Å². The van der Waals surface area contributed by atoms with Crippen LogP contribution in [0.2, 0.25) is 0 Å². The van der Waals surface area contributed by atoms with Gasteiger partial charge in [-0.1, -0.05) is 17.2 Å². The Hall–Kier alpha value is -2.53. The largest absolute Gasteiger partial charge is 0.545 e. The molecule has 1 atom stereocenters. The van der Waals surface area contributed by atoms with Crippen LogP contribution in [0.5, 0.6) is 0 Å². The molecule has 1 aromatic rings. The number of aromatic carboxylic acids is 1. The lowest BCUT2D eigenvalue weighted by Gasteiger charge is -2.16. The van der Waals surface area contributed by atoms with Gasteiger partial charge < -0.3 is 15.2 Å². The van der Waals surface area contributed by atoms with Gasteiger partial charge in [0.15, 0.2) is 0 Å². The summed E-state index contributed by atoms with van der Waals surface area (Å²) < 4.78 is 0. The van der Waals surface area contributed by atoms with E-state index in [1.807, 2.05) is 0 Å². The third-order valence-corrected chi connectivity index (χ3v) is 2.30. The fraction of sp³-hybridized carbons (Fsp3) is 0.273. The number of benzene rings is 1. The lowest BCUT2D eigenvalue weighted by molar-refractivity contribution is -0.255. The van der Waals surface area contributed by atoms with E-state index in [9.17, 15) is 14.7 Å². The average Bonchev–Trinajstić information content (AvgIpc) is 2.28. The molecular formula is C11H11N4O3-. The smallest absolute Gasteiger partial charge is 0.217 e. The number of hydrogen-bond donors (Lipinski definition) is 1. The monoisotopic (exact) mass is 247 g/mol. The Bertz CT molecular complexity index is 535. The van der Waals surface area contributed by atoms with Crippen LogP contribution in [-0.2, 0) is 4.79 Å². The van der Waals surface area contributed by atoms with E-state index in [4.69, 9.17) is 5.53 Å². The number of carboxylic acids is 1. The summed E-state index contributed by atoms with van der Waals surface area (Å²) in [7, 11) is 0. The number of hydrogen-bond acceptors (Lipinski definition) is 4. The number of carboxylic acid groups (broad SMARTS) is 1. The second-order valence-corrected chi connectivity index (χ2v) is 3.67. The highest BCUT2D eigenvalue weighted by Gasteiger charge is 2.11. The first-order valence-corrected chi connectivity index (χ1v) is 5.13. The van der Waals surface area contributed by atoms with Gasteiger partial charge in [0, 0.05) is 17.5 Å². The molecule has 18 heavy (non-hydrogen) atoms. The topological polar surface area (TPSA) is 118 Å². The summed E-state index contributed by atoms with van der Waals surface area (Å²) in [4.78, 5) is 24.3. The molecule has 0 heterocycles. The van der Waals surface area contributed by atoms with Gasteiger partial charge in [-0.15, -0.1) is 0 Å². The van der Waals surface area contributed by atoms with Crippen molar-refractivity contribution in [1.82, 2.24) is 5.32 Å². The van der Waals surface area contributed by atoms with E-state index in [0.717, 1.165) is 0 Å². The molecule has 0 aromatic heterocycles. The Kier molecular flexibility index (Phi) is 4.28. The van der Waals surface area contributed by atoms with Crippen LogP contribution in [0.15, 0.2) is 23.3 Å². The number of rotatable bonds is 4. The molecule has 0 aliphatic heterocycles. The van der Waals surface area contributed by atoms with Gasteiger partial charge in [0.1, 0.15) is 0 Å². The number of azide groups is 1. The maximum Gasteiger partial charge on any atom is 0.217 e. The van der Waals surface area contributed by atoms with E-state index in [1.54, 1.807) is 6.92 Å². The third-order valence-electron chi connectivity index (χ3n) is 2.30. The summed E-state index contributed by atoms with van der Waals surface area (Å²) in [6, 6.07) is 3.64. The second-order valence-electron chi connectivity index (χ2n) is 3.67. The summed E-state index contributed by atoms with van der Waals surface area (Å²) >= 11 is 0. The van der Waals surface area contributed by atoms with Gasteiger partial charge in [0.25, 0.3) is 0 Å². The van der Waals surface area contributed by atoms with E-state index < -0.39 is 5.97 Å². The molecule has 94 valence electrons. The third kappa shape index (κ3) is 3.23. The molecule has 0 spiro atoms. The standard InChI is InChI=1S/C11H12N4O3/c1-6(13-7(2)16)9-4-3-8(11(17)18)5-10(9)14-15-12/h3-6H,1-2H3,(H,13,16)(H,17,18)/p-1. The summed E-state index contributed by atoms with van der Waals surface area (Å²) in [6.07, 6.45) is 0. The Morgan fingerprint density at radius 2 is 2.17 bits per heavy atom. The molecule has 1 unspecified atom stereocenters. The molecule has 0 saturated carbocycles. The second kappa shape index (κ2) is 5.70. The molecule has 0 aliphatic carbocycles. The fourth-order valence-corrected chi connectivity index (χ4v) is 1.55. The number of carbonyl (C=O) groups is 2. The van der Waals surface area contributed by atoms with Gasteiger partial charge in [-0.05, 0) is 29.6 Å². The van der Waals surface area contributed by atoms with Crippen LogP contribution in [0.3, 0.4) is 0 Å². The lowest BCUT2D eigenvalue weighted by atomic mass is 10.0. The first-order chi connectivity index (χ1) is 8.45. The average molecular weight is 247 g/mol. The van der Waals surface area contributed by atoms with E-state index in [2.05, 4.69) is 15.3 Å². The molecule has 1 amide bonds. The maximum absolute atomic E-state index is 11.0. The van der Waals surface area contributed by atoms with Crippen molar-refractivity contribution in [3.8, 4) is 0 Å². The van der Waals surface area contributed by atoms with Crippen LogP contribution < -0.4 is 10.4 Å². The fourth-order valence-electron chi connectivity index (χ4n) is 1.55. The van der Waals surface area contributed by atoms with Crippen LogP contribution in [0.25, 0.3) is 10.4 Å². The van der Waals surface area contributed by atoms with E-state index in [1.165, 1.54) is 25.1 Å². The SMILES string of the molecule is CC(=O)NC(C)c1ccc(C(=O)[O-])cc1N=[N+]=[N-]. The first-order valence-electron chi connectivity index (χ1n) is 5.13. The molecule has 7 heteroatoms. The van der Waals surface area contributed by atoms with Crippen molar-refractivity contribution in [3.05, 3.63) is 39.8 Å². The van der Waals surface area contributed by atoms with Gasteiger partial charge in [0.05, 0.1) is 12.0 Å². The van der Waals surface area contributed by atoms with Crippen LogP contribution in [-0.4, -0.2) is 11.9 Å². The number of nitrogens with zero attached hydrogens (tertiary/aromatic N) is 3. The number of carbonyl (C=O) groups excluding carboxylic acids is 2. The molecule has 1 rings (SSSR count). The Labute approximate surface area is 103 Å². The minimum atomic E-state index is -1.36. The molecule has 0 aliphatic rings. The van der Waals surface area contributed by atoms with Gasteiger partial charge in [-0.25, -0.2) is 0 Å². The summed E-state index contributed by atoms with van der Waals surface area (Å²) in [5, 5.41) is 16.7. The zero-order valence-electron chi connectivity index (χ0n) is 9.88. The number of amides is 1. The zero-order valence-corrected chi connectivity index (χ0v) is 9.88. The van der Waals surface area contributed by atoms with E-state index >= 15 is 0 Å². The molecular weight excluding hydrogens is 236 g/mol. The molecule has 7 nitrogen and oxygen atoms in total. The molecule has 0 saturated heterocycles. The van der Waals surface area contributed by atoms with Gasteiger partial charge in [-0.3, -0.25) is 4.79 Å². The van der Waals surface area contributed by atoms with Gasteiger partial charge in [0.2, 0.25) is 5.91 Å². The van der Waals surface area contributed by atoms with E-state index in [0.29, 0.717) is 5.56 Å². The van der Waals surface area contributed by atoms with Crippen LogP contribution in [0, 0.1) is 0 Å². The summed E-state index contributed by atoms with van der Waals surface area (Å²) in [6.45, 7) is 3.06. The highest BCUT2D eigenvalue weighted by atomic mass is 16.4. The van der Waals surface area contributed by atoms with Crippen molar-refractivity contribution in [2.75, 3.05) is 0 Å². The Balaban J connectivity index is 3.22. The lowest BCUT2D eigenvalue weighted by Crippen LogP contribution is -2.24. The van der Waals surface area contributed by atoms with Crippen LogP contribution in [0.4, 0.5) is 5.69 Å². The Morgan fingerprint density at radius 3 is 2.67 bits per heavy atom. The Morgan fingerprint density at radius 1 is 1.50 bits per heavy atom. The maximum atomic E-state index is 11.0. The molecule has 1 N–H and O–H groups in total. The zero-order chi connectivity index (χ0) is 13.7. The van der Waals surface area contributed by atoms with Crippen molar-refractivity contribution in [1.29, 1.82) is 0 Å². The minimum absolute atomic E-state index is 0.0869.